The Kier molecular flexibility index (Phi) is 14.9. The van der Waals surface area contributed by atoms with Crippen LogP contribution in [0.25, 0.3) is 0 Å². The van der Waals surface area contributed by atoms with Crippen molar-refractivity contribution in [1.82, 2.24) is 0 Å². The number of nitrogens with zero attached hydrogens (tertiary/aromatic N) is 1. The molecule has 0 amide bonds. The van der Waals surface area contributed by atoms with Gasteiger partial charge < -0.3 is 54.1 Å². The SMILES string of the molecule is CCC(=O)O[C@H](CC(=O)[O-])C[N+](C)(C)C.O=C[C@H](O)[C@@H](O)[C@H](O)[C@H](O)COP(=O)(O)O. The van der Waals surface area contributed by atoms with Crippen molar-refractivity contribution in [3.8, 4) is 0 Å². The van der Waals surface area contributed by atoms with E-state index in [2.05, 4.69) is 4.52 Å². The van der Waals surface area contributed by atoms with Gasteiger partial charge in [-0.2, -0.15) is 0 Å². The minimum absolute atomic E-state index is 0.0650. The summed E-state index contributed by atoms with van der Waals surface area (Å²) in [5.74, 6) is -1.58. The van der Waals surface area contributed by atoms with Gasteiger partial charge in [0.05, 0.1) is 27.7 Å². The van der Waals surface area contributed by atoms with Crippen LogP contribution in [-0.2, 0) is 28.2 Å². The largest absolute Gasteiger partial charge is 0.550 e. The molecule has 0 aromatic rings. The summed E-state index contributed by atoms with van der Waals surface area (Å²) in [6, 6.07) is 0. The van der Waals surface area contributed by atoms with E-state index in [1.54, 1.807) is 6.92 Å². The number of aldehydes is 1. The van der Waals surface area contributed by atoms with E-state index < -0.39 is 50.9 Å². The third-order valence-electron chi connectivity index (χ3n) is 3.38. The van der Waals surface area contributed by atoms with Gasteiger partial charge in [0, 0.05) is 18.8 Å². The van der Waals surface area contributed by atoms with Crippen LogP contribution in [0.4, 0.5) is 0 Å². The summed E-state index contributed by atoms with van der Waals surface area (Å²) >= 11 is 0. The fourth-order valence-corrected chi connectivity index (χ4v) is 2.34. The lowest BCUT2D eigenvalue weighted by molar-refractivity contribution is -0.873. The van der Waals surface area contributed by atoms with Crippen molar-refractivity contribution < 1.29 is 68.0 Å². The Hall–Kier alpha value is -1.48. The standard InChI is InChI=1S/C10H19NO4.C6H13O9P/c1-5-10(14)15-8(6-9(12)13)7-11(2,3)4;7-1-3(8)5(10)6(11)4(9)2-15-16(12,13)14/h8H,5-7H2,1-4H3;1,3-6,8-11H,2H2,(H2,12,13,14)/t8-;3-,4+,5+,6+/m10/s1. The average molecular weight is 477 g/mol. The van der Waals surface area contributed by atoms with Crippen LogP contribution in [0.15, 0.2) is 0 Å². The van der Waals surface area contributed by atoms with Crippen molar-refractivity contribution in [1.29, 1.82) is 0 Å². The summed E-state index contributed by atoms with van der Waals surface area (Å²) in [7, 11) is 0.910. The predicted octanol–water partition coefficient (Wildman–Crippen LogP) is -4.11. The van der Waals surface area contributed by atoms with Crippen molar-refractivity contribution in [2.45, 2.75) is 50.3 Å². The molecule has 0 aliphatic carbocycles. The predicted molar refractivity (Wildman–Crippen MR) is 101 cm³/mol. The number of carboxylic acid groups (broad SMARTS) is 1. The van der Waals surface area contributed by atoms with Crippen molar-refractivity contribution in [2.75, 3.05) is 34.3 Å². The third-order valence-corrected chi connectivity index (χ3v) is 3.86. The fraction of sp³-hybridized carbons (Fsp3) is 0.812. The number of quaternary nitrogens is 1. The van der Waals surface area contributed by atoms with E-state index in [1.807, 2.05) is 21.1 Å². The molecule has 0 heterocycles. The van der Waals surface area contributed by atoms with Gasteiger partial charge in [-0.25, -0.2) is 4.57 Å². The summed E-state index contributed by atoms with van der Waals surface area (Å²) in [5, 5.41) is 46.5. The van der Waals surface area contributed by atoms with Gasteiger partial charge in [-0.05, 0) is 0 Å². The molecule has 0 aromatic carbocycles. The molecule has 6 N–H and O–H groups in total. The molecule has 0 unspecified atom stereocenters. The minimum Gasteiger partial charge on any atom is -0.550 e. The second-order valence-corrected chi connectivity index (χ2v) is 8.72. The van der Waals surface area contributed by atoms with Crippen LogP contribution in [0.5, 0.6) is 0 Å². The first-order valence-corrected chi connectivity index (χ1v) is 10.5. The van der Waals surface area contributed by atoms with E-state index in [-0.39, 0.29) is 25.1 Å². The molecule has 0 aliphatic rings. The van der Waals surface area contributed by atoms with Crippen LogP contribution in [0.2, 0.25) is 0 Å². The number of esters is 1. The Morgan fingerprint density at radius 1 is 1.10 bits per heavy atom. The zero-order chi connectivity index (χ0) is 25.0. The number of carbonyl (C=O) groups excluding carboxylic acids is 3. The Morgan fingerprint density at radius 3 is 1.97 bits per heavy atom. The number of rotatable bonds is 13. The molecule has 0 radical (unpaired) electrons. The molecule has 0 saturated carbocycles. The normalized spacial score (nSPS) is 16.7. The quantitative estimate of drug-likeness (QED) is 0.0641. The third kappa shape index (κ3) is 17.9. The van der Waals surface area contributed by atoms with Gasteiger partial charge in [0.2, 0.25) is 0 Å². The lowest BCUT2D eigenvalue weighted by atomic mass is 10.0. The molecule has 0 rings (SSSR count). The number of phosphoric acid groups is 1. The number of phosphoric ester groups is 1. The van der Waals surface area contributed by atoms with Gasteiger partial charge in [-0.1, -0.05) is 6.92 Å². The Balaban J connectivity index is 0. The number of carboxylic acids is 1. The molecule has 0 saturated heterocycles. The smallest absolute Gasteiger partial charge is 0.469 e. The highest BCUT2D eigenvalue weighted by Crippen LogP contribution is 2.35. The zero-order valence-corrected chi connectivity index (χ0v) is 18.6. The molecule has 0 aromatic heterocycles. The van der Waals surface area contributed by atoms with Gasteiger partial charge in [0.25, 0.3) is 0 Å². The highest BCUT2D eigenvalue weighted by molar-refractivity contribution is 7.46. The molecule has 0 aliphatic heterocycles. The first-order valence-electron chi connectivity index (χ1n) is 9.00. The first kappa shape index (κ1) is 31.7. The fourth-order valence-electron chi connectivity index (χ4n) is 1.99. The van der Waals surface area contributed by atoms with Crippen LogP contribution in [0, 0.1) is 0 Å². The van der Waals surface area contributed by atoms with Crippen molar-refractivity contribution in [3.63, 3.8) is 0 Å². The topological polar surface area (TPSA) is 231 Å². The van der Waals surface area contributed by atoms with E-state index in [9.17, 15) is 24.1 Å². The van der Waals surface area contributed by atoms with E-state index in [0.717, 1.165) is 0 Å². The summed E-state index contributed by atoms with van der Waals surface area (Å²) < 4.78 is 19.6. The molecule has 0 bridgehead atoms. The van der Waals surface area contributed by atoms with Gasteiger partial charge in [0.1, 0.15) is 31.0 Å². The van der Waals surface area contributed by atoms with E-state index in [0.29, 0.717) is 11.0 Å². The van der Waals surface area contributed by atoms with Crippen LogP contribution < -0.4 is 5.11 Å². The maximum absolute atomic E-state index is 11.0. The van der Waals surface area contributed by atoms with E-state index >= 15 is 0 Å². The number of aliphatic hydroxyl groups is 4. The van der Waals surface area contributed by atoms with Crippen molar-refractivity contribution in [3.05, 3.63) is 0 Å². The van der Waals surface area contributed by atoms with Gasteiger partial charge in [0.15, 0.2) is 12.4 Å². The van der Waals surface area contributed by atoms with E-state index in [4.69, 9.17) is 34.9 Å². The van der Waals surface area contributed by atoms with Crippen LogP contribution in [0.1, 0.15) is 19.8 Å². The molecule has 0 fully saturated rings. The number of ether oxygens (including phenoxy) is 1. The number of hydrogen-bond donors (Lipinski definition) is 6. The highest BCUT2D eigenvalue weighted by Gasteiger charge is 2.31. The molecular weight excluding hydrogens is 445 g/mol. The van der Waals surface area contributed by atoms with Gasteiger partial charge in [-0.15, -0.1) is 0 Å². The molecule has 184 valence electrons. The Labute approximate surface area is 179 Å². The molecule has 31 heavy (non-hydrogen) atoms. The lowest BCUT2D eigenvalue weighted by Crippen LogP contribution is -2.46. The number of aliphatic carboxylic acids is 1. The van der Waals surface area contributed by atoms with Gasteiger partial charge in [-0.3, -0.25) is 9.32 Å². The number of carbonyl (C=O) groups is 3. The molecule has 14 nitrogen and oxygen atoms in total. The van der Waals surface area contributed by atoms with Crippen molar-refractivity contribution in [2.24, 2.45) is 0 Å². The summed E-state index contributed by atoms with van der Waals surface area (Å²) in [5.41, 5.74) is 0. The summed E-state index contributed by atoms with van der Waals surface area (Å²) in [6.45, 7) is 1.16. The molecular formula is C16H32NO13P. The van der Waals surface area contributed by atoms with Gasteiger partial charge >= 0.3 is 13.8 Å². The molecule has 5 atom stereocenters. The van der Waals surface area contributed by atoms with Crippen LogP contribution in [-0.4, -0.2) is 118 Å². The molecule has 0 spiro atoms. The summed E-state index contributed by atoms with van der Waals surface area (Å²) in [4.78, 5) is 48.1. The van der Waals surface area contributed by atoms with Crippen LogP contribution >= 0.6 is 7.82 Å². The number of likely N-dealkylation sites (N-methyl/N-ethyl adjacent to an activating group) is 1. The Morgan fingerprint density at radius 2 is 1.61 bits per heavy atom. The average Bonchev–Trinajstić information content (AvgIpc) is 2.61. The molecule has 15 heteroatoms. The Bertz CT molecular complexity index is 603. The van der Waals surface area contributed by atoms with Crippen molar-refractivity contribution >= 4 is 26.0 Å². The van der Waals surface area contributed by atoms with E-state index in [1.165, 1.54) is 0 Å². The number of aliphatic hydroxyl groups excluding tert-OH is 4. The second-order valence-electron chi connectivity index (χ2n) is 7.48. The zero-order valence-electron chi connectivity index (χ0n) is 17.7. The maximum Gasteiger partial charge on any atom is 0.469 e. The number of hydrogen-bond acceptors (Lipinski definition) is 11. The maximum atomic E-state index is 11.0. The van der Waals surface area contributed by atoms with Crippen LogP contribution in [0.3, 0.4) is 0 Å². The summed E-state index contributed by atoms with van der Waals surface area (Å²) in [6.07, 6.45) is -8.41. The second kappa shape index (κ2) is 14.6. The monoisotopic (exact) mass is 477 g/mol. The minimum atomic E-state index is -4.80. The lowest BCUT2D eigenvalue weighted by Gasteiger charge is -2.29. The first-order chi connectivity index (χ1) is 13.9. The highest BCUT2D eigenvalue weighted by atomic mass is 31.2.